The fraction of sp³-hybridized carbons (Fsp3) is 0.211. The lowest BCUT2D eigenvalue weighted by molar-refractivity contribution is 0.464. The Morgan fingerprint density at radius 2 is 2.00 bits per heavy atom. The highest BCUT2D eigenvalue weighted by Crippen LogP contribution is 2.35. The Hall–Kier alpha value is -2.94. The van der Waals surface area contributed by atoms with Gasteiger partial charge in [-0.3, -0.25) is 4.72 Å². The molecule has 146 valence electrons. The van der Waals surface area contributed by atoms with Crippen molar-refractivity contribution in [1.29, 1.82) is 0 Å². The van der Waals surface area contributed by atoms with E-state index < -0.39 is 21.7 Å². The molecule has 1 aliphatic heterocycles. The molecule has 1 saturated heterocycles. The van der Waals surface area contributed by atoms with Crippen LogP contribution in [0.3, 0.4) is 0 Å². The van der Waals surface area contributed by atoms with Crippen molar-refractivity contribution in [3.05, 3.63) is 72.3 Å². The van der Waals surface area contributed by atoms with Gasteiger partial charge in [0.1, 0.15) is 16.5 Å². The second kappa shape index (κ2) is 7.23. The van der Waals surface area contributed by atoms with Crippen LogP contribution in [0.25, 0.3) is 0 Å². The largest absolute Gasteiger partial charge is 0.467 e. The molecule has 0 radical (unpaired) electrons. The number of nitrogens with zero attached hydrogens (tertiary/aromatic N) is 2. The van der Waals surface area contributed by atoms with Crippen LogP contribution in [0.1, 0.15) is 24.6 Å². The Kier molecular flexibility index (Phi) is 4.76. The van der Waals surface area contributed by atoms with Gasteiger partial charge in [0.05, 0.1) is 18.0 Å². The third-order valence-corrected chi connectivity index (χ3v) is 5.99. The van der Waals surface area contributed by atoms with E-state index >= 15 is 0 Å². The van der Waals surface area contributed by atoms with E-state index in [1.807, 2.05) is 12.1 Å². The van der Waals surface area contributed by atoms with Crippen molar-refractivity contribution in [1.82, 2.24) is 4.98 Å². The summed E-state index contributed by atoms with van der Waals surface area (Å²) in [5.74, 6) is -0.695. The number of furan rings is 1. The van der Waals surface area contributed by atoms with E-state index in [9.17, 15) is 17.2 Å². The van der Waals surface area contributed by atoms with Gasteiger partial charge in [-0.15, -0.1) is 0 Å². The minimum atomic E-state index is -3.98. The summed E-state index contributed by atoms with van der Waals surface area (Å²) in [6, 6.07) is 9.65. The van der Waals surface area contributed by atoms with Crippen molar-refractivity contribution in [3.8, 4) is 0 Å². The predicted octanol–water partition coefficient (Wildman–Crippen LogP) is 4.10. The summed E-state index contributed by atoms with van der Waals surface area (Å²) in [6.07, 6.45) is 4.77. The molecule has 2 aromatic heterocycles. The van der Waals surface area contributed by atoms with E-state index in [1.165, 1.54) is 12.3 Å². The van der Waals surface area contributed by atoms with Crippen LogP contribution in [0, 0.1) is 11.6 Å². The van der Waals surface area contributed by atoms with Crippen molar-refractivity contribution in [2.24, 2.45) is 0 Å². The number of benzene rings is 1. The molecule has 3 aromatic rings. The third kappa shape index (κ3) is 3.57. The minimum absolute atomic E-state index is 0.0604. The van der Waals surface area contributed by atoms with Gasteiger partial charge in [0.25, 0.3) is 10.0 Å². The van der Waals surface area contributed by atoms with Gasteiger partial charge in [-0.05, 0) is 49.2 Å². The normalized spacial score (nSPS) is 17.1. The lowest BCUT2D eigenvalue weighted by atomic mass is 10.1. The first-order valence-electron chi connectivity index (χ1n) is 8.68. The average molecular weight is 405 g/mol. The Morgan fingerprint density at radius 3 is 2.68 bits per heavy atom. The molecule has 4 rings (SSSR count). The first-order valence-corrected chi connectivity index (χ1v) is 10.2. The molecule has 0 saturated carbocycles. The summed E-state index contributed by atoms with van der Waals surface area (Å²) in [7, 11) is -3.98. The van der Waals surface area contributed by atoms with Gasteiger partial charge in [0.2, 0.25) is 0 Å². The minimum Gasteiger partial charge on any atom is -0.467 e. The van der Waals surface area contributed by atoms with Gasteiger partial charge in [0, 0.05) is 18.8 Å². The zero-order chi connectivity index (χ0) is 19.7. The molecule has 28 heavy (non-hydrogen) atoms. The fourth-order valence-corrected chi connectivity index (χ4v) is 4.29. The summed E-state index contributed by atoms with van der Waals surface area (Å²) >= 11 is 0. The highest BCUT2D eigenvalue weighted by atomic mass is 32.2. The zero-order valence-corrected chi connectivity index (χ0v) is 15.5. The third-order valence-electron chi connectivity index (χ3n) is 4.62. The Bertz CT molecular complexity index is 1070. The molecule has 0 bridgehead atoms. The predicted molar refractivity (Wildman–Crippen MR) is 99.4 cm³/mol. The standard InChI is InChI=1S/C19H17F2N3O3S/c20-15-7-5-13(11-16(15)21)23-28(25,26)14-6-8-19(22-12-14)24-9-1-3-17(24)18-4-2-10-27-18/h2,4-8,10-12,17,23H,1,3,9H2. The van der Waals surface area contributed by atoms with E-state index in [0.717, 1.165) is 43.3 Å². The van der Waals surface area contributed by atoms with Gasteiger partial charge < -0.3 is 9.32 Å². The highest BCUT2D eigenvalue weighted by Gasteiger charge is 2.29. The highest BCUT2D eigenvalue weighted by molar-refractivity contribution is 7.92. The first kappa shape index (κ1) is 18.4. The molecule has 6 nitrogen and oxygen atoms in total. The first-order chi connectivity index (χ1) is 13.4. The van der Waals surface area contributed by atoms with Crippen LogP contribution in [0.2, 0.25) is 0 Å². The number of nitrogens with one attached hydrogen (secondary N) is 1. The van der Waals surface area contributed by atoms with Crippen LogP contribution in [0.5, 0.6) is 0 Å². The van der Waals surface area contributed by atoms with Crippen LogP contribution in [-0.2, 0) is 10.0 Å². The number of hydrogen-bond donors (Lipinski definition) is 1. The Labute approximate surface area is 160 Å². The molecule has 3 heterocycles. The smallest absolute Gasteiger partial charge is 0.263 e. The quantitative estimate of drug-likeness (QED) is 0.692. The molecular weight excluding hydrogens is 388 g/mol. The van der Waals surface area contributed by atoms with E-state index in [-0.39, 0.29) is 16.6 Å². The molecular formula is C19H17F2N3O3S. The summed E-state index contributed by atoms with van der Waals surface area (Å²) in [5.41, 5.74) is -0.0691. The topological polar surface area (TPSA) is 75.4 Å². The van der Waals surface area contributed by atoms with E-state index in [0.29, 0.717) is 5.82 Å². The van der Waals surface area contributed by atoms with Crippen LogP contribution >= 0.6 is 0 Å². The fourth-order valence-electron chi connectivity index (χ4n) is 3.29. The molecule has 1 atom stereocenters. The average Bonchev–Trinajstić information content (AvgIpc) is 3.35. The number of halogens is 2. The maximum Gasteiger partial charge on any atom is 0.263 e. The molecule has 1 aromatic carbocycles. The van der Waals surface area contributed by atoms with E-state index in [1.54, 1.807) is 12.3 Å². The summed E-state index contributed by atoms with van der Waals surface area (Å²) in [4.78, 5) is 6.28. The monoisotopic (exact) mass is 405 g/mol. The molecule has 1 N–H and O–H groups in total. The number of aromatic nitrogens is 1. The van der Waals surface area contributed by atoms with Crippen molar-refractivity contribution in [2.45, 2.75) is 23.8 Å². The number of anilines is 2. The van der Waals surface area contributed by atoms with Crippen LogP contribution in [0.4, 0.5) is 20.3 Å². The summed E-state index contributed by atoms with van der Waals surface area (Å²) in [6.45, 7) is 0.789. The van der Waals surface area contributed by atoms with Gasteiger partial charge >= 0.3 is 0 Å². The lowest BCUT2D eigenvalue weighted by Gasteiger charge is -2.24. The molecule has 9 heteroatoms. The molecule has 1 aliphatic rings. The van der Waals surface area contributed by atoms with Gasteiger partial charge in [-0.25, -0.2) is 22.2 Å². The van der Waals surface area contributed by atoms with Gasteiger partial charge in [0.15, 0.2) is 11.6 Å². The van der Waals surface area contributed by atoms with Crippen molar-refractivity contribution in [3.63, 3.8) is 0 Å². The summed E-state index contributed by atoms with van der Waals surface area (Å²) < 4.78 is 59.0. The number of sulfonamides is 1. The van der Waals surface area contributed by atoms with E-state index in [4.69, 9.17) is 4.42 Å². The second-order valence-electron chi connectivity index (χ2n) is 6.45. The van der Waals surface area contributed by atoms with Crippen LogP contribution in [0.15, 0.2) is 64.2 Å². The lowest BCUT2D eigenvalue weighted by Crippen LogP contribution is -2.23. The zero-order valence-electron chi connectivity index (χ0n) is 14.7. The molecule has 1 fully saturated rings. The molecule has 0 aliphatic carbocycles. The second-order valence-corrected chi connectivity index (χ2v) is 8.14. The van der Waals surface area contributed by atoms with Gasteiger partial charge in [-0.2, -0.15) is 0 Å². The maximum atomic E-state index is 13.3. The van der Waals surface area contributed by atoms with Crippen molar-refractivity contribution < 1.29 is 21.6 Å². The molecule has 1 unspecified atom stereocenters. The number of rotatable bonds is 5. The van der Waals surface area contributed by atoms with Crippen LogP contribution in [-0.4, -0.2) is 19.9 Å². The van der Waals surface area contributed by atoms with E-state index in [2.05, 4.69) is 14.6 Å². The van der Waals surface area contributed by atoms with Crippen molar-refractivity contribution >= 4 is 21.5 Å². The van der Waals surface area contributed by atoms with Crippen LogP contribution < -0.4 is 9.62 Å². The number of pyridine rings is 1. The summed E-state index contributed by atoms with van der Waals surface area (Å²) in [5, 5.41) is 0. The number of hydrogen-bond acceptors (Lipinski definition) is 5. The Balaban J connectivity index is 1.54. The Morgan fingerprint density at radius 1 is 1.14 bits per heavy atom. The van der Waals surface area contributed by atoms with Crippen molar-refractivity contribution in [2.75, 3.05) is 16.2 Å². The van der Waals surface area contributed by atoms with Gasteiger partial charge in [-0.1, -0.05) is 0 Å². The molecule has 0 amide bonds. The SMILES string of the molecule is O=S(=O)(Nc1ccc(F)c(F)c1)c1ccc(N2CCCC2c2ccco2)nc1. The maximum absolute atomic E-state index is 13.3. The molecule has 0 spiro atoms.